The van der Waals surface area contributed by atoms with Crippen LogP contribution in [-0.4, -0.2) is 67.7 Å². The Morgan fingerprint density at radius 1 is 1.33 bits per heavy atom. The minimum atomic E-state index is -0.468. The molecule has 1 rings (SSSR count). The smallest absolute Gasteiger partial charge is 0.410 e. The highest BCUT2D eigenvalue weighted by atomic mass is 16.6. The summed E-state index contributed by atoms with van der Waals surface area (Å²) in [6.07, 6.45) is 4.07. The summed E-state index contributed by atoms with van der Waals surface area (Å²) < 4.78 is 5.43. The van der Waals surface area contributed by atoms with Gasteiger partial charge in [0.05, 0.1) is 0 Å². The van der Waals surface area contributed by atoms with Crippen molar-refractivity contribution in [3.05, 3.63) is 12.2 Å². The number of carbonyl (C=O) groups excluding carboxylic acids is 2. The standard InChI is InChI=1S/C18H33N3O3/c1-14-13-21(17(23)24-18(2,3)4)11-9-15(14)12-19-16(22)8-7-10-20(5)6/h7-8,14-15H,9-13H2,1-6H3,(H,19,22)/b8-7+. The first kappa shape index (κ1) is 20.5. The molecule has 0 aliphatic carbocycles. The van der Waals surface area contributed by atoms with Crippen LogP contribution in [0.3, 0.4) is 0 Å². The molecule has 6 heteroatoms. The van der Waals surface area contributed by atoms with E-state index >= 15 is 0 Å². The topological polar surface area (TPSA) is 61.9 Å². The molecule has 1 fully saturated rings. The van der Waals surface area contributed by atoms with Gasteiger partial charge < -0.3 is 19.9 Å². The molecule has 0 radical (unpaired) electrons. The maximum Gasteiger partial charge on any atom is 0.410 e. The molecule has 1 saturated heterocycles. The first-order valence-electron chi connectivity index (χ1n) is 8.65. The third-order valence-corrected chi connectivity index (χ3v) is 4.01. The van der Waals surface area contributed by atoms with Crippen molar-refractivity contribution in [1.29, 1.82) is 0 Å². The Labute approximate surface area is 146 Å². The van der Waals surface area contributed by atoms with Gasteiger partial charge in [-0.15, -0.1) is 0 Å². The van der Waals surface area contributed by atoms with Crippen molar-refractivity contribution < 1.29 is 14.3 Å². The molecule has 138 valence electrons. The summed E-state index contributed by atoms with van der Waals surface area (Å²) in [6, 6.07) is 0. The van der Waals surface area contributed by atoms with E-state index in [1.807, 2.05) is 45.8 Å². The quantitative estimate of drug-likeness (QED) is 0.779. The highest BCUT2D eigenvalue weighted by Crippen LogP contribution is 2.24. The lowest BCUT2D eigenvalue weighted by molar-refractivity contribution is -0.116. The van der Waals surface area contributed by atoms with Crippen LogP contribution in [0.5, 0.6) is 0 Å². The first-order valence-corrected chi connectivity index (χ1v) is 8.65. The molecule has 0 saturated carbocycles. The Kier molecular flexibility index (Phi) is 7.73. The molecule has 2 amide bonds. The molecule has 0 aromatic heterocycles. The summed E-state index contributed by atoms with van der Waals surface area (Å²) in [5.74, 6) is 0.658. The van der Waals surface area contributed by atoms with E-state index in [2.05, 4.69) is 12.2 Å². The van der Waals surface area contributed by atoms with Gasteiger partial charge in [0.25, 0.3) is 0 Å². The average molecular weight is 339 g/mol. The second-order valence-corrected chi connectivity index (χ2v) is 7.86. The van der Waals surface area contributed by atoms with Crippen molar-refractivity contribution >= 4 is 12.0 Å². The number of ether oxygens (including phenoxy) is 1. The number of nitrogens with one attached hydrogen (secondary N) is 1. The van der Waals surface area contributed by atoms with Crippen LogP contribution in [0.15, 0.2) is 12.2 Å². The predicted molar refractivity (Wildman–Crippen MR) is 95.8 cm³/mol. The van der Waals surface area contributed by atoms with Crippen molar-refractivity contribution in [1.82, 2.24) is 15.1 Å². The van der Waals surface area contributed by atoms with Crippen molar-refractivity contribution in [3.8, 4) is 0 Å². The predicted octanol–water partition coefficient (Wildman–Crippen LogP) is 2.11. The molecule has 24 heavy (non-hydrogen) atoms. The van der Waals surface area contributed by atoms with E-state index in [9.17, 15) is 9.59 Å². The van der Waals surface area contributed by atoms with Crippen molar-refractivity contribution in [3.63, 3.8) is 0 Å². The van der Waals surface area contributed by atoms with Crippen LogP contribution in [0.4, 0.5) is 4.79 Å². The second kappa shape index (κ2) is 9.06. The summed E-state index contributed by atoms with van der Waals surface area (Å²) in [4.78, 5) is 27.7. The molecule has 1 aliphatic heterocycles. The maximum absolute atomic E-state index is 12.1. The van der Waals surface area contributed by atoms with E-state index in [1.54, 1.807) is 11.0 Å². The molecule has 1 N–H and O–H groups in total. The highest BCUT2D eigenvalue weighted by Gasteiger charge is 2.31. The van der Waals surface area contributed by atoms with Gasteiger partial charge >= 0.3 is 6.09 Å². The monoisotopic (exact) mass is 339 g/mol. The molecule has 0 bridgehead atoms. The van der Waals surface area contributed by atoms with Crippen molar-refractivity contribution in [2.75, 3.05) is 40.3 Å². The number of piperidine rings is 1. The molecule has 0 aromatic carbocycles. The van der Waals surface area contributed by atoms with E-state index in [-0.39, 0.29) is 12.0 Å². The van der Waals surface area contributed by atoms with Gasteiger partial charge in [0.15, 0.2) is 0 Å². The van der Waals surface area contributed by atoms with Crippen LogP contribution in [0, 0.1) is 11.8 Å². The zero-order chi connectivity index (χ0) is 18.3. The number of amides is 2. The number of likely N-dealkylation sites (tertiary alicyclic amines) is 1. The summed E-state index contributed by atoms with van der Waals surface area (Å²) in [5.41, 5.74) is -0.468. The summed E-state index contributed by atoms with van der Waals surface area (Å²) >= 11 is 0. The minimum Gasteiger partial charge on any atom is -0.444 e. The van der Waals surface area contributed by atoms with E-state index in [0.717, 1.165) is 13.0 Å². The van der Waals surface area contributed by atoms with Crippen LogP contribution < -0.4 is 5.32 Å². The van der Waals surface area contributed by atoms with Crippen molar-refractivity contribution in [2.45, 2.75) is 39.7 Å². The van der Waals surface area contributed by atoms with E-state index in [1.165, 1.54) is 0 Å². The van der Waals surface area contributed by atoms with E-state index in [0.29, 0.717) is 31.5 Å². The summed E-state index contributed by atoms with van der Waals surface area (Å²) in [6.45, 7) is 10.5. The van der Waals surface area contributed by atoms with Gasteiger partial charge in [-0.25, -0.2) is 4.79 Å². The van der Waals surface area contributed by atoms with Gasteiger partial charge in [0.1, 0.15) is 5.60 Å². The third kappa shape index (κ3) is 7.81. The van der Waals surface area contributed by atoms with Gasteiger partial charge in [-0.3, -0.25) is 4.79 Å². The van der Waals surface area contributed by atoms with E-state index in [4.69, 9.17) is 4.74 Å². The fraction of sp³-hybridized carbons (Fsp3) is 0.778. The summed E-state index contributed by atoms with van der Waals surface area (Å²) in [5, 5.41) is 2.96. The lowest BCUT2D eigenvalue weighted by Gasteiger charge is -2.37. The lowest BCUT2D eigenvalue weighted by atomic mass is 9.87. The van der Waals surface area contributed by atoms with Crippen LogP contribution in [0.1, 0.15) is 34.1 Å². The fourth-order valence-electron chi connectivity index (χ4n) is 2.65. The van der Waals surface area contributed by atoms with Gasteiger partial charge in [-0.2, -0.15) is 0 Å². The SMILES string of the molecule is CC1CN(C(=O)OC(C)(C)C)CCC1CNC(=O)/C=C/CN(C)C. The fourth-order valence-corrected chi connectivity index (χ4v) is 2.65. The Hall–Kier alpha value is -1.56. The minimum absolute atomic E-state index is 0.0568. The number of nitrogens with zero attached hydrogens (tertiary/aromatic N) is 2. The zero-order valence-corrected chi connectivity index (χ0v) is 16.0. The van der Waals surface area contributed by atoms with E-state index < -0.39 is 5.60 Å². The molecule has 6 nitrogen and oxygen atoms in total. The number of carbonyl (C=O) groups is 2. The zero-order valence-electron chi connectivity index (χ0n) is 16.0. The maximum atomic E-state index is 12.1. The molecular weight excluding hydrogens is 306 g/mol. The molecule has 2 unspecified atom stereocenters. The average Bonchev–Trinajstić information content (AvgIpc) is 2.43. The number of hydrogen-bond donors (Lipinski definition) is 1. The Balaban J connectivity index is 2.37. The second-order valence-electron chi connectivity index (χ2n) is 7.86. The lowest BCUT2D eigenvalue weighted by Crippen LogP contribution is -2.47. The number of rotatable bonds is 5. The molecule has 0 spiro atoms. The largest absolute Gasteiger partial charge is 0.444 e. The van der Waals surface area contributed by atoms with Crippen LogP contribution in [0.2, 0.25) is 0 Å². The van der Waals surface area contributed by atoms with Crippen LogP contribution in [-0.2, 0) is 9.53 Å². The molecule has 0 aromatic rings. The number of hydrogen-bond acceptors (Lipinski definition) is 4. The summed E-state index contributed by atoms with van der Waals surface area (Å²) in [7, 11) is 3.92. The number of likely N-dealkylation sites (N-methyl/N-ethyl adjacent to an activating group) is 1. The Morgan fingerprint density at radius 3 is 2.54 bits per heavy atom. The first-order chi connectivity index (χ1) is 11.1. The Bertz CT molecular complexity index is 455. The molecule has 1 heterocycles. The van der Waals surface area contributed by atoms with Gasteiger partial charge in [-0.1, -0.05) is 13.0 Å². The van der Waals surface area contributed by atoms with Crippen LogP contribution in [0.25, 0.3) is 0 Å². The van der Waals surface area contributed by atoms with Crippen molar-refractivity contribution in [2.24, 2.45) is 11.8 Å². The van der Waals surface area contributed by atoms with Gasteiger partial charge in [-0.05, 0) is 53.1 Å². The van der Waals surface area contributed by atoms with Crippen LogP contribution >= 0.6 is 0 Å². The molecule has 1 aliphatic rings. The van der Waals surface area contributed by atoms with Gasteiger partial charge in [0, 0.05) is 32.3 Å². The third-order valence-electron chi connectivity index (χ3n) is 4.01. The molecule has 2 atom stereocenters. The normalized spacial score (nSPS) is 22.0. The molecular formula is C18H33N3O3. The van der Waals surface area contributed by atoms with Gasteiger partial charge in [0.2, 0.25) is 5.91 Å². The highest BCUT2D eigenvalue weighted by molar-refractivity contribution is 5.87. The Morgan fingerprint density at radius 2 is 2.00 bits per heavy atom.